The molecule has 0 heterocycles. The second kappa shape index (κ2) is 5.43. The van der Waals surface area contributed by atoms with E-state index < -0.39 is 15.6 Å². The van der Waals surface area contributed by atoms with Crippen molar-refractivity contribution in [2.45, 2.75) is 19.3 Å². The molecule has 0 saturated carbocycles. The summed E-state index contributed by atoms with van der Waals surface area (Å²) >= 11 is 0. The van der Waals surface area contributed by atoms with Crippen LogP contribution in [-0.4, -0.2) is 18.1 Å². The molecule has 0 fully saturated rings. The molecule has 78 valence electrons. The van der Waals surface area contributed by atoms with Gasteiger partial charge in [0.15, 0.2) is 5.44 Å². The van der Waals surface area contributed by atoms with Crippen molar-refractivity contribution in [1.82, 2.24) is 0 Å². The van der Waals surface area contributed by atoms with Crippen molar-refractivity contribution >= 4 is 10.1 Å². The van der Waals surface area contributed by atoms with Gasteiger partial charge in [0.1, 0.15) is 10.1 Å². The van der Waals surface area contributed by atoms with Gasteiger partial charge in [0, 0.05) is 0 Å². The fourth-order valence-electron chi connectivity index (χ4n) is 1.26. The molecule has 4 nitrogen and oxygen atoms in total. The van der Waals surface area contributed by atoms with Crippen LogP contribution in [0.25, 0.3) is 0 Å². The fourth-order valence-corrected chi connectivity index (χ4v) is 1.83. The van der Waals surface area contributed by atoms with Crippen molar-refractivity contribution in [1.29, 1.82) is 0 Å². The van der Waals surface area contributed by atoms with Gasteiger partial charge in [-0.2, -0.15) is 0 Å². The van der Waals surface area contributed by atoms with Crippen LogP contribution in [0.4, 0.5) is 0 Å². The first-order chi connectivity index (χ1) is 6.32. The van der Waals surface area contributed by atoms with E-state index in [9.17, 15) is 18.1 Å². The summed E-state index contributed by atoms with van der Waals surface area (Å²) in [6, 6.07) is 4.81. The van der Waals surface area contributed by atoms with Crippen LogP contribution >= 0.6 is 0 Å². The molecule has 0 aliphatic carbocycles. The number of rotatable bonds is 2. The molecule has 0 aliphatic rings. The molecule has 1 aromatic rings. The summed E-state index contributed by atoms with van der Waals surface area (Å²) in [5.74, 6) is 0. The zero-order valence-electron chi connectivity index (χ0n) is 8.89. The van der Waals surface area contributed by atoms with Crippen LogP contribution in [0.15, 0.2) is 18.2 Å². The van der Waals surface area contributed by atoms with Crippen LogP contribution in [-0.2, 0) is 10.1 Å². The van der Waals surface area contributed by atoms with Gasteiger partial charge in [-0.1, -0.05) is 23.8 Å². The Morgan fingerprint density at radius 3 is 2.27 bits per heavy atom. The monoisotopic (exact) mass is 238 g/mol. The first kappa shape index (κ1) is 15.1. The van der Waals surface area contributed by atoms with E-state index in [2.05, 4.69) is 0 Å². The molecule has 0 spiro atoms. The predicted octanol–water partition coefficient (Wildman–Crippen LogP) is -2.16. The molecule has 0 bridgehead atoms. The Morgan fingerprint density at radius 2 is 1.87 bits per heavy atom. The Labute approximate surface area is 111 Å². The topological polar surface area (TPSA) is 77.4 Å². The van der Waals surface area contributed by atoms with E-state index in [1.165, 1.54) is 6.07 Å². The molecule has 0 aliphatic heterocycles. The molecule has 15 heavy (non-hydrogen) atoms. The molecular formula is C9H11NaO4S. The first-order valence-electron chi connectivity index (χ1n) is 4.02. The molecule has 6 heteroatoms. The van der Waals surface area contributed by atoms with Gasteiger partial charge in [-0.05, 0) is 25.0 Å². The smallest absolute Gasteiger partial charge is 0.746 e. The zero-order valence-corrected chi connectivity index (χ0v) is 11.7. The Morgan fingerprint density at radius 1 is 1.33 bits per heavy atom. The maximum Gasteiger partial charge on any atom is 1.00 e. The summed E-state index contributed by atoms with van der Waals surface area (Å²) in [6.45, 7) is 3.49. The van der Waals surface area contributed by atoms with Gasteiger partial charge in [0.25, 0.3) is 0 Å². The predicted molar refractivity (Wildman–Crippen MR) is 50.6 cm³/mol. The third kappa shape index (κ3) is 3.86. The summed E-state index contributed by atoms with van der Waals surface area (Å²) in [5, 5.41) is 9.23. The zero-order chi connectivity index (χ0) is 10.9. The Kier molecular flexibility index (Phi) is 5.46. The number of aliphatic hydroxyl groups is 1. The molecule has 1 N–H and O–H groups in total. The molecule has 0 amide bonds. The van der Waals surface area contributed by atoms with E-state index in [1.54, 1.807) is 19.1 Å². The molecule has 0 saturated heterocycles. The Hall–Kier alpha value is 0.0900. The van der Waals surface area contributed by atoms with Crippen LogP contribution < -0.4 is 29.6 Å². The number of benzene rings is 1. The minimum atomic E-state index is -4.69. The summed E-state index contributed by atoms with van der Waals surface area (Å²) < 4.78 is 31.7. The standard InChI is InChI=1S/C9H12O4S.Na/c1-6-3-4-8(7(2)5-6)9(10)14(11,12)13;/h3-5,9-10H,1-2H3,(H,11,12,13);/q;+1/p-1. The van der Waals surface area contributed by atoms with Gasteiger partial charge in [0.05, 0.1) is 0 Å². The maximum atomic E-state index is 10.6. The van der Waals surface area contributed by atoms with Crippen molar-refractivity contribution in [2.24, 2.45) is 0 Å². The molecular weight excluding hydrogens is 227 g/mol. The SMILES string of the molecule is Cc1ccc(C(O)S(=O)(=O)[O-])c(C)c1.[Na+]. The molecule has 1 rings (SSSR count). The molecule has 1 atom stereocenters. The number of aryl methyl sites for hydroxylation is 2. The van der Waals surface area contributed by atoms with Gasteiger partial charge in [-0.15, -0.1) is 0 Å². The van der Waals surface area contributed by atoms with Crippen molar-refractivity contribution in [3.63, 3.8) is 0 Å². The maximum absolute atomic E-state index is 10.6. The average Bonchev–Trinajstić information content (AvgIpc) is 2.01. The Balaban J connectivity index is 0.00000196. The van der Waals surface area contributed by atoms with Gasteiger partial charge >= 0.3 is 29.6 Å². The number of aliphatic hydroxyl groups excluding tert-OH is 1. The van der Waals surface area contributed by atoms with Crippen LogP contribution in [0, 0.1) is 13.8 Å². The number of hydrogen-bond acceptors (Lipinski definition) is 4. The second-order valence-corrected chi connectivity index (χ2v) is 4.64. The quantitative estimate of drug-likeness (QED) is 0.470. The minimum absolute atomic E-state index is 0. The van der Waals surface area contributed by atoms with Gasteiger partial charge in [-0.25, -0.2) is 8.42 Å². The van der Waals surface area contributed by atoms with Crippen molar-refractivity contribution in [3.8, 4) is 0 Å². The fraction of sp³-hybridized carbons (Fsp3) is 0.333. The average molecular weight is 238 g/mol. The van der Waals surface area contributed by atoms with Crippen LogP contribution in [0.3, 0.4) is 0 Å². The van der Waals surface area contributed by atoms with E-state index in [1.807, 2.05) is 6.92 Å². The summed E-state index contributed by atoms with van der Waals surface area (Å²) in [7, 11) is -4.69. The van der Waals surface area contributed by atoms with Gasteiger partial charge in [0.2, 0.25) is 0 Å². The molecule has 1 aromatic carbocycles. The Bertz CT molecular complexity index is 441. The van der Waals surface area contributed by atoms with E-state index >= 15 is 0 Å². The normalized spacial score (nSPS) is 13.1. The second-order valence-electron chi connectivity index (χ2n) is 3.21. The third-order valence-electron chi connectivity index (χ3n) is 1.96. The van der Waals surface area contributed by atoms with Gasteiger partial charge in [-0.3, -0.25) is 0 Å². The largest absolute Gasteiger partial charge is 1.00 e. The van der Waals surface area contributed by atoms with Crippen molar-refractivity contribution in [2.75, 3.05) is 0 Å². The van der Waals surface area contributed by atoms with E-state index in [0.29, 0.717) is 5.56 Å². The summed E-state index contributed by atoms with van der Waals surface area (Å²) in [4.78, 5) is 0. The summed E-state index contributed by atoms with van der Waals surface area (Å²) in [5.41, 5.74) is -0.285. The molecule has 1 unspecified atom stereocenters. The third-order valence-corrected chi connectivity index (χ3v) is 2.77. The van der Waals surface area contributed by atoms with Gasteiger partial charge < -0.3 is 9.66 Å². The van der Waals surface area contributed by atoms with E-state index in [-0.39, 0.29) is 35.1 Å². The van der Waals surface area contributed by atoms with E-state index in [4.69, 9.17) is 0 Å². The van der Waals surface area contributed by atoms with E-state index in [0.717, 1.165) is 5.56 Å². The van der Waals surface area contributed by atoms with Crippen LogP contribution in [0.5, 0.6) is 0 Å². The van der Waals surface area contributed by atoms with Crippen LogP contribution in [0.2, 0.25) is 0 Å². The first-order valence-corrected chi connectivity index (χ1v) is 5.49. The van der Waals surface area contributed by atoms with Crippen molar-refractivity contribution < 1.29 is 47.6 Å². The van der Waals surface area contributed by atoms with Crippen LogP contribution in [0.1, 0.15) is 22.1 Å². The van der Waals surface area contributed by atoms with Crippen molar-refractivity contribution in [3.05, 3.63) is 34.9 Å². The number of hydrogen-bond donors (Lipinski definition) is 1. The summed E-state index contributed by atoms with van der Waals surface area (Å²) in [6.07, 6.45) is 0. The minimum Gasteiger partial charge on any atom is -0.746 e. The molecule has 0 radical (unpaired) electrons. The molecule has 0 aromatic heterocycles.